The van der Waals surface area contributed by atoms with Crippen LogP contribution in [0.1, 0.15) is 43.5 Å². The summed E-state index contributed by atoms with van der Waals surface area (Å²) in [6.45, 7) is 9.04. The number of fused-ring (bicyclic) bond motifs is 1. The summed E-state index contributed by atoms with van der Waals surface area (Å²) in [6, 6.07) is 6.45. The van der Waals surface area contributed by atoms with Crippen LogP contribution >= 0.6 is 0 Å². The summed E-state index contributed by atoms with van der Waals surface area (Å²) in [5.74, 6) is 1.07. The van der Waals surface area contributed by atoms with Crippen LogP contribution in [0.25, 0.3) is 22.3 Å². The zero-order chi connectivity index (χ0) is 18.0. The molecule has 1 unspecified atom stereocenters. The van der Waals surface area contributed by atoms with E-state index in [1.165, 1.54) is 0 Å². The Hall–Kier alpha value is -2.27. The molecule has 0 aliphatic carbocycles. The maximum atomic E-state index is 5.44. The minimum absolute atomic E-state index is 0.275. The monoisotopic (exact) mass is 338 g/mol. The first-order chi connectivity index (χ1) is 12.1. The van der Waals surface area contributed by atoms with Gasteiger partial charge in [-0.05, 0) is 38.5 Å². The third-order valence-corrected chi connectivity index (χ3v) is 4.67. The number of aryl methyl sites for hydroxylation is 3. The van der Waals surface area contributed by atoms with Gasteiger partial charge in [0.2, 0.25) is 0 Å². The normalized spacial score (nSPS) is 12.7. The minimum atomic E-state index is 0.275. The number of ether oxygens (including phenoxy) is 1. The summed E-state index contributed by atoms with van der Waals surface area (Å²) >= 11 is 0. The molecule has 3 rings (SSSR count). The highest BCUT2D eigenvalue weighted by molar-refractivity contribution is 5.90. The SMILES string of the molecule is CCc1nc2c(-c3ccc(C)nc3C)nccc2n1C(CC)COC. The zero-order valence-electron chi connectivity index (χ0n) is 15.7. The van der Waals surface area contributed by atoms with Crippen LogP contribution in [0, 0.1) is 13.8 Å². The highest BCUT2D eigenvalue weighted by Gasteiger charge is 2.20. The molecule has 0 spiro atoms. The van der Waals surface area contributed by atoms with E-state index in [1.807, 2.05) is 26.1 Å². The Morgan fingerprint density at radius 3 is 2.56 bits per heavy atom. The number of nitrogens with zero attached hydrogens (tertiary/aromatic N) is 4. The van der Waals surface area contributed by atoms with E-state index >= 15 is 0 Å². The summed E-state index contributed by atoms with van der Waals surface area (Å²) in [5, 5.41) is 0. The Morgan fingerprint density at radius 1 is 1.12 bits per heavy atom. The second kappa shape index (κ2) is 7.31. The van der Waals surface area contributed by atoms with Gasteiger partial charge in [-0.15, -0.1) is 0 Å². The number of imidazole rings is 1. The molecule has 0 aliphatic heterocycles. The predicted octanol–water partition coefficient (Wildman–Crippen LogP) is 4.27. The van der Waals surface area contributed by atoms with Gasteiger partial charge in [0.15, 0.2) is 0 Å². The highest BCUT2D eigenvalue weighted by atomic mass is 16.5. The molecular formula is C20H26N4O. The number of pyridine rings is 2. The molecule has 132 valence electrons. The second-order valence-electron chi connectivity index (χ2n) is 6.38. The van der Waals surface area contributed by atoms with Gasteiger partial charge in [0.25, 0.3) is 0 Å². The number of hydrogen-bond acceptors (Lipinski definition) is 4. The van der Waals surface area contributed by atoms with Gasteiger partial charge in [-0.2, -0.15) is 0 Å². The first kappa shape index (κ1) is 17.5. The molecule has 3 aromatic rings. The maximum absolute atomic E-state index is 5.44. The van der Waals surface area contributed by atoms with E-state index in [-0.39, 0.29) is 6.04 Å². The van der Waals surface area contributed by atoms with Crippen molar-refractivity contribution in [2.45, 2.75) is 46.6 Å². The van der Waals surface area contributed by atoms with Gasteiger partial charge in [-0.25, -0.2) is 4.98 Å². The van der Waals surface area contributed by atoms with Crippen LogP contribution in [0.5, 0.6) is 0 Å². The maximum Gasteiger partial charge on any atom is 0.115 e. The minimum Gasteiger partial charge on any atom is -0.383 e. The summed E-state index contributed by atoms with van der Waals surface area (Å²) in [5.41, 5.74) is 6.01. The standard InChI is InChI=1S/C20H26N4O/c1-6-15(12-25-5)24-17-10-11-21-19(20(17)23-18(24)7-2)16-9-8-13(3)22-14(16)4/h8-11,15H,6-7,12H2,1-5H3. The predicted molar refractivity (Wildman–Crippen MR) is 101 cm³/mol. The Morgan fingerprint density at radius 2 is 1.92 bits per heavy atom. The summed E-state index contributed by atoms with van der Waals surface area (Å²) in [7, 11) is 1.75. The Bertz CT molecular complexity index is 885. The number of rotatable bonds is 6. The molecule has 25 heavy (non-hydrogen) atoms. The Labute approximate surface area is 149 Å². The fourth-order valence-electron chi connectivity index (χ4n) is 3.43. The van der Waals surface area contributed by atoms with Crippen molar-refractivity contribution in [2.75, 3.05) is 13.7 Å². The van der Waals surface area contributed by atoms with Crippen LogP contribution in [0.4, 0.5) is 0 Å². The molecule has 1 atom stereocenters. The van der Waals surface area contributed by atoms with E-state index in [1.54, 1.807) is 7.11 Å². The largest absolute Gasteiger partial charge is 0.383 e. The number of hydrogen-bond donors (Lipinski definition) is 0. The zero-order valence-corrected chi connectivity index (χ0v) is 15.7. The van der Waals surface area contributed by atoms with E-state index in [0.29, 0.717) is 6.61 Å². The molecule has 0 aromatic carbocycles. The van der Waals surface area contributed by atoms with Gasteiger partial charge < -0.3 is 9.30 Å². The van der Waals surface area contributed by atoms with E-state index in [0.717, 1.165) is 52.3 Å². The summed E-state index contributed by atoms with van der Waals surface area (Å²) in [4.78, 5) is 14.2. The molecule has 5 nitrogen and oxygen atoms in total. The van der Waals surface area contributed by atoms with Gasteiger partial charge in [0.05, 0.1) is 23.9 Å². The first-order valence-electron chi connectivity index (χ1n) is 8.90. The lowest BCUT2D eigenvalue weighted by Crippen LogP contribution is -2.16. The summed E-state index contributed by atoms with van der Waals surface area (Å²) in [6.07, 6.45) is 3.74. The van der Waals surface area contributed by atoms with Crippen molar-refractivity contribution in [2.24, 2.45) is 0 Å². The van der Waals surface area contributed by atoms with E-state index in [2.05, 4.69) is 40.5 Å². The molecule has 0 saturated carbocycles. The first-order valence-corrected chi connectivity index (χ1v) is 8.90. The molecule has 0 fully saturated rings. The molecule has 0 saturated heterocycles. The Kier molecular flexibility index (Phi) is 5.13. The highest BCUT2D eigenvalue weighted by Crippen LogP contribution is 2.31. The lowest BCUT2D eigenvalue weighted by molar-refractivity contribution is 0.153. The van der Waals surface area contributed by atoms with E-state index in [4.69, 9.17) is 9.72 Å². The fraction of sp³-hybridized carbons (Fsp3) is 0.450. The van der Waals surface area contributed by atoms with Crippen LogP contribution in [-0.2, 0) is 11.2 Å². The van der Waals surface area contributed by atoms with Crippen molar-refractivity contribution in [1.29, 1.82) is 0 Å². The number of methoxy groups -OCH3 is 1. The van der Waals surface area contributed by atoms with Gasteiger partial charge in [0.1, 0.15) is 11.3 Å². The molecule has 3 heterocycles. The van der Waals surface area contributed by atoms with Gasteiger partial charge >= 0.3 is 0 Å². The van der Waals surface area contributed by atoms with Crippen molar-refractivity contribution in [3.8, 4) is 11.3 Å². The van der Waals surface area contributed by atoms with Crippen molar-refractivity contribution in [3.63, 3.8) is 0 Å². The van der Waals surface area contributed by atoms with E-state index < -0.39 is 0 Å². The third kappa shape index (κ3) is 3.16. The second-order valence-corrected chi connectivity index (χ2v) is 6.38. The van der Waals surface area contributed by atoms with Crippen LogP contribution in [0.2, 0.25) is 0 Å². The molecular weight excluding hydrogens is 312 g/mol. The molecule has 0 N–H and O–H groups in total. The van der Waals surface area contributed by atoms with Crippen LogP contribution < -0.4 is 0 Å². The fourth-order valence-corrected chi connectivity index (χ4v) is 3.43. The van der Waals surface area contributed by atoms with Crippen molar-refractivity contribution >= 4 is 11.0 Å². The molecule has 0 bridgehead atoms. The lowest BCUT2D eigenvalue weighted by atomic mass is 10.1. The Balaban J connectivity index is 2.25. The van der Waals surface area contributed by atoms with Gasteiger partial charge in [-0.3, -0.25) is 9.97 Å². The summed E-state index contributed by atoms with van der Waals surface area (Å²) < 4.78 is 7.76. The smallest absolute Gasteiger partial charge is 0.115 e. The van der Waals surface area contributed by atoms with Gasteiger partial charge in [0, 0.05) is 36.7 Å². The van der Waals surface area contributed by atoms with Gasteiger partial charge in [-0.1, -0.05) is 13.8 Å². The molecule has 0 aliphatic rings. The third-order valence-electron chi connectivity index (χ3n) is 4.67. The average molecular weight is 338 g/mol. The van der Waals surface area contributed by atoms with Crippen molar-refractivity contribution in [1.82, 2.24) is 19.5 Å². The van der Waals surface area contributed by atoms with Crippen molar-refractivity contribution in [3.05, 3.63) is 41.6 Å². The average Bonchev–Trinajstić information content (AvgIpc) is 2.98. The van der Waals surface area contributed by atoms with Crippen LogP contribution in [-0.4, -0.2) is 33.2 Å². The van der Waals surface area contributed by atoms with Crippen molar-refractivity contribution < 1.29 is 4.74 Å². The lowest BCUT2D eigenvalue weighted by Gasteiger charge is -2.19. The number of aromatic nitrogens is 4. The molecule has 0 amide bonds. The molecule has 0 radical (unpaired) electrons. The van der Waals surface area contributed by atoms with Crippen LogP contribution in [0.3, 0.4) is 0 Å². The van der Waals surface area contributed by atoms with E-state index in [9.17, 15) is 0 Å². The topological polar surface area (TPSA) is 52.8 Å². The quantitative estimate of drug-likeness (QED) is 0.673. The molecule has 5 heteroatoms. The molecule has 3 aromatic heterocycles. The van der Waals surface area contributed by atoms with Crippen LogP contribution in [0.15, 0.2) is 24.4 Å².